The number of piperidine rings is 6. The molecule has 8 unspecified atom stereocenters. The van der Waals surface area contributed by atoms with Gasteiger partial charge < -0.3 is 20.1 Å². The summed E-state index contributed by atoms with van der Waals surface area (Å²) in [4.78, 5) is 42.1. The molecule has 3 aromatic carbocycles. The summed E-state index contributed by atoms with van der Waals surface area (Å²) in [6.07, 6.45) is 12.0. The first kappa shape index (κ1) is 36.9. The minimum Gasteiger partial charge on any atom is -0.497 e. The lowest BCUT2D eigenvalue weighted by atomic mass is 9.72. The fourth-order valence-electron chi connectivity index (χ4n) is 10.3. The van der Waals surface area contributed by atoms with Crippen LogP contribution in [0.15, 0.2) is 95.8 Å². The topological polar surface area (TPSA) is 109 Å². The molecule has 0 radical (unpaired) electrons. The van der Waals surface area contributed by atoms with Gasteiger partial charge in [0.2, 0.25) is 0 Å². The van der Waals surface area contributed by atoms with E-state index in [9.17, 15) is 9.59 Å². The highest BCUT2D eigenvalue weighted by Crippen LogP contribution is 2.46. The highest BCUT2D eigenvalue weighted by Gasteiger charge is 2.46. The minimum atomic E-state index is -0.490. The molecule has 10 heteroatoms. The van der Waals surface area contributed by atoms with E-state index in [2.05, 4.69) is 55.7 Å². The summed E-state index contributed by atoms with van der Waals surface area (Å²) in [7, 11) is 3.33. The first-order chi connectivity index (χ1) is 26.4. The van der Waals surface area contributed by atoms with Crippen LogP contribution < -0.4 is 31.0 Å². The molecule has 5 aromatic rings. The Kier molecular flexibility index (Phi) is 9.98. The lowest BCUT2D eigenvalue weighted by Gasteiger charge is -2.52. The highest BCUT2D eigenvalue weighted by molar-refractivity contribution is 5.86. The second kappa shape index (κ2) is 14.9. The predicted molar refractivity (Wildman–Crippen MR) is 221 cm³/mol. The van der Waals surface area contributed by atoms with Gasteiger partial charge in [0.05, 0.1) is 37.3 Å². The molecule has 0 saturated carbocycles. The molecule has 6 aliphatic heterocycles. The number of rotatable bonds is 12. The summed E-state index contributed by atoms with van der Waals surface area (Å²) < 4.78 is 11.3. The van der Waals surface area contributed by atoms with Gasteiger partial charge in [0.1, 0.15) is 22.9 Å². The van der Waals surface area contributed by atoms with E-state index in [1.165, 1.54) is 0 Å². The average molecular weight is 741 g/mol. The van der Waals surface area contributed by atoms with Crippen LogP contribution in [-0.2, 0) is 0 Å². The molecule has 6 aliphatic rings. The van der Waals surface area contributed by atoms with Crippen molar-refractivity contribution in [3.05, 3.63) is 118 Å². The minimum absolute atomic E-state index is 0. The van der Waals surface area contributed by atoms with Crippen molar-refractivity contribution in [3.8, 4) is 11.5 Å². The van der Waals surface area contributed by atoms with Gasteiger partial charge in [0.15, 0.2) is 0 Å². The molecule has 55 heavy (non-hydrogen) atoms. The van der Waals surface area contributed by atoms with E-state index in [1.807, 2.05) is 60.9 Å². The average Bonchev–Trinajstić information content (AvgIpc) is 3.24. The summed E-state index contributed by atoms with van der Waals surface area (Å²) in [6, 6.07) is 15.6. The van der Waals surface area contributed by atoms with Gasteiger partial charge in [-0.3, -0.25) is 29.4 Å². The van der Waals surface area contributed by atoms with E-state index in [4.69, 9.17) is 9.47 Å². The monoisotopic (exact) mass is 740 g/mol. The maximum atomic E-state index is 13.8. The van der Waals surface area contributed by atoms with Gasteiger partial charge in [-0.1, -0.05) is 19.6 Å². The highest BCUT2D eigenvalue weighted by atomic mass is 16.5. The maximum absolute atomic E-state index is 13.8. The van der Waals surface area contributed by atoms with E-state index in [0.29, 0.717) is 35.0 Å². The zero-order valence-corrected chi connectivity index (χ0v) is 31.0. The molecule has 2 aromatic heterocycles. The SMILES string of the molecule is C.C=CC1CN2CCC1CC2[C@@H](Nc1c(N[C@@H](c2ccnc3ccc(OC)cc23)C2CC3CCN2CC3C=C)c(=O)c1=O)c1ccnc2ccc(OC)cc12. The van der Waals surface area contributed by atoms with Crippen molar-refractivity contribution in [1.82, 2.24) is 19.8 Å². The van der Waals surface area contributed by atoms with Crippen LogP contribution in [0.5, 0.6) is 11.5 Å². The number of ether oxygens (including phenoxy) is 2. The van der Waals surface area contributed by atoms with Gasteiger partial charge in [-0.15, -0.1) is 13.2 Å². The number of fused-ring (bicyclic) bond motifs is 8. The van der Waals surface area contributed by atoms with E-state index >= 15 is 0 Å². The standard InChI is InChI=1S/C44H48N6O4.CH4/c1-5-25-23-49-17-13-27(25)19-37(49)39(31-11-15-45-35-9-7-29(53-3)21-33(31)35)47-41-42(44(52)43(41)51)48-40(38-20-28-14-18-50(38)24-26(28)6-2)32-12-16-46-36-10-8-30(54-4)22-34(32)36;/h5-12,15-16,21-22,25-28,37-40,47-48H,1-2,13-14,17-20,23-24H2,3-4H3;1H4/t25?,26?,27?,28?,37?,38?,39-,40-;/m0./s1. The molecule has 0 spiro atoms. The molecule has 6 saturated heterocycles. The molecule has 10 nitrogen and oxygen atoms in total. The molecule has 4 bridgehead atoms. The molecular formula is C45H52N6O4. The van der Waals surface area contributed by atoms with Crippen LogP contribution >= 0.6 is 0 Å². The Bertz CT molecular complexity index is 2160. The summed E-state index contributed by atoms with van der Waals surface area (Å²) in [5.41, 5.74) is 3.47. The van der Waals surface area contributed by atoms with Crippen molar-refractivity contribution in [2.24, 2.45) is 23.7 Å². The third-order valence-electron chi connectivity index (χ3n) is 13.2. The first-order valence-corrected chi connectivity index (χ1v) is 19.3. The Balaban J connectivity index is 0.00000427. The molecule has 2 N–H and O–H groups in total. The van der Waals surface area contributed by atoms with Crippen LogP contribution in [0, 0.1) is 23.7 Å². The van der Waals surface area contributed by atoms with Gasteiger partial charge >= 0.3 is 0 Å². The number of anilines is 2. The Morgan fingerprint density at radius 1 is 0.709 bits per heavy atom. The number of methoxy groups -OCH3 is 2. The van der Waals surface area contributed by atoms with Gasteiger partial charge in [0, 0.05) is 48.3 Å². The van der Waals surface area contributed by atoms with Crippen molar-refractivity contribution in [1.29, 1.82) is 0 Å². The molecule has 286 valence electrons. The van der Waals surface area contributed by atoms with E-state index in [0.717, 1.165) is 96.3 Å². The summed E-state index contributed by atoms with van der Waals surface area (Å²) in [5.74, 6) is 3.36. The quantitative estimate of drug-likeness (QED) is 0.101. The number of nitrogens with zero attached hydrogens (tertiary/aromatic N) is 4. The number of nitrogens with one attached hydrogen (secondary N) is 2. The van der Waals surface area contributed by atoms with Crippen LogP contribution in [0.2, 0.25) is 0 Å². The predicted octanol–water partition coefficient (Wildman–Crippen LogP) is 7.13. The van der Waals surface area contributed by atoms with Gasteiger partial charge in [-0.05, 0) is 122 Å². The van der Waals surface area contributed by atoms with Crippen molar-refractivity contribution >= 4 is 33.2 Å². The zero-order valence-electron chi connectivity index (χ0n) is 31.0. The number of benzene rings is 2. The smallest absolute Gasteiger partial charge is 0.253 e. The molecule has 0 amide bonds. The van der Waals surface area contributed by atoms with Gasteiger partial charge in [0.25, 0.3) is 10.9 Å². The van der Waals surface area contributed by atoms with E-state index < -0.39 is 10.9 Å². The summed E-state index contributed by atoms with van der Waals surface area (Å²) in [5, 5.41) is 9.39. The van der Waals surface area contributed by atoms with Crippen LogP contribution in [0.1, 0.15) is 56.3 Å². The zero-order chi connectivity index (χ0) is 37.1. The molecular weight excluding hydrogens is 689 g/mol. The van der Waals surface area contributed by atoms with E-state index in [1.54, 1.807) is 14.2 Å². The van der Waals surface area contributed by atoms with Crippen molar-refractivity contribution < 1.29 is 9.47 Å². The van der Waals surface area contributed by atoms with Crippen molar-refractivity contribution in [3.63, 3.8) is 0 Å². The summed E-state index contributed by atoms with van der Waals surface area (Å²) >= 11 is 0. The second-order valence-electron chi connectivity index (χ2n) is 15.7. The molecule has 6 fully saturated rings. The number of hydrogen-bond donors (Lipinski definition) is 2. The van der Waals surface area contributed by atoms with Crippen LogP contribution in [-0.4, -0.2) is 72.3 Å². The molecule has 8 heterocycles. The third kappa shape index (κ3) is 6.29. The number of pyridine rings is 2. The fourth-order valence-corrected chi connectivity index (χ4v) is 10.3. The van der Waals surface area contributed by atoms with Crippen LogP contribution in [0.3, 0.4) is 0 Å². The number of aromatic nitrogens is 2. The Morgan fingerprint density at radius 2 is 1.15 bits per heavy atom. The normalized spacial score (nSPS) is 28.0. The fraction of sp³-hybridized carbons (Fsp3) is 0.422. The number of hydrogen-bond acceptors (Lipinski definition) is 10. The van der Waals surface area contributed by atoms with E-state index in [-0.39, 0.29) is 31.6 Å². The lowest BCUT2D eigenvalue weighted by Crippen LogP contribution is -2.57. The van der Waals surface area contributed by atoms with Crippen LogP contribution in [0.25, 0.3) is 21.8 Å². The van der Waals surface area contributed by atoms with Crippen LogP contribution in [0.4, 0.5) is 11.4 Å². The third-order valence-corrected chi connectivity index (χ3v) is 13.2. The molecule has 10 atom stereocenters. The van der Waals surface area contributed by atoms with Gasteiger partial charge in [-0.25, -0.2) is 0 Å². The van der Waals surface area contributed by atoms with Crippen molar-refractivity contribution in [2.45, 2.75) is 57.3 Å². The Morgan fingerprint density at radius 3 is 1.51 bits per heavy atom. The Hall–Kier alpha value is -5.06. The van der Waals surface area contributed by atoms with Crippen molar-refractivity contribution in [2.75, 3.05) is 51.0 Å². The van der Waals surface area contributed by atoms with Gasteiger partial charge in [-0.2, -0.15) is 0 Å². The molecule has 0 aliphatic carbocycles. The first-order valence-electron chi connectivity index (χ1n) is 19.3. The maximum Gasteiger partial charge on any atom is 0.253 e. The lowest BCUT2D eigenvalue weighted by molar-refractivity contribution is 0.0102. The summed E-state index contributed by atoms with van der Waals surface area (Å²) in [6.45, 7) is 12.1. The second-order valence-corrected chi connectivity index (χ2v) is 15.7. The Labute approximate surface area is 322 Å². The molecule has 11 rings (SSSR count). The largest absolute Gasteiger partial charge is 0.497 e.